The number of nitrogens with zero attached hydrogens (tertiary/aromatic N) is 1. The SMILES string of the molecule is NC(=O)c1ccc2c(n1)C=CC2. The zero-order valence-electron chi connectivity index (χ0n) is 6.45. The summed E-state index contributed by atoms with van der Waals surface area (Å²) in [6.45, 7) is 0. The lowest BCUT2D eigenvalue weighted by atomic mass is 10.2. The van der Waals surface area contributed by atoms with Crippen molar-refractivity contribution in [1.29, 1.82) is 0 Å². The Labute approximate surface area is 69.9 Å². The van der Waals surface area contributed by atoms with E-state index in [0.717, 1.165) is 17.7 Å². The van der Waals surface area contributed by atoms with E-state index in [4.69, 9.17) is 5.73 Å². The van der Waals surface area contributed by atoms with Gasteiger partial charge in [-0.15, -0.1) is 0 Å². The van der Waals surface area contributed by atoms with E-state index in [0.29, 0.717) is 5.69 Å². The monoisotopic (exact) mass is 160 g/mol. The van der Waals surface area contributed by atoms with E-state index in [1.165, 1.54) is 0 Å². The van der Waals surface area contributed by atoms with Gasteiger partial charge in [-0.2, -0.15) is 0 Å². The number of rotatable bonds is 1. The summed E-state index contributed by atoms with van der Waals surface area (Å²) < 4.78 is 0. The van der Waals surface area contributed by atoms with Crippen LogP contribution in [-0.2, 0) is 6.42 Å². The van der Waals surface area contributed by atoms with Crippen molar-refractivity contribution in [3.63, 3.8) is 0 Å². The predicted octanol–water partition coefficient (Wildman–Crippen LogP) is 0.750. The molecule has 60 valence electrons. The topological polar surface area (TPSA) is 56.0 Å². The maximum absolute atomic E-state index is 10.7. The van der Waals surface area contributed by atoms with Gasteiger partial charge in [0, 0.05) is 0 Å². The third-order valence-electron chi connectivity index (χ3n) is 1.88. The van der Waals surface area contributed by atoms with E-state index >= 15 is 0 Å². The van der Waals surface area contributed by atoms with Gasteiger partial charge in [0.25, 0.3) is 5.91 Å². The van der Waals surface area contributed by atoms with Crippen molar-refractivity contribution >= 4 is 12.0 Å². The number of hydrogen-bond acceptors (Lipinski definition) is 2. The van der Waals surface area contributed by atoms with Gasteiger partial charge in [0.05, 0.1) is 5.69 Å². The standard InChI is InChI=1S/C9H8N2O/c10-9(12)8-5-4-6-2-1-3-7(6)11-8/h1,3-5H,2H2,(H2,10,12). The first-order valence-corrected chi connectivity index (χ1v) is 3.73. The maximum Gasteiger partial charge on any atom is 0.267 e. The molecule has 0 aliphatic heterocycles. The molecule has 0 fully saturated rings. The number of allylic oxidation sites excluding steroid dienone is 1. The van der Waals surface area contributed by atoms with Crippen LogP contribution in [0, 0.1) is 0 Å². The molecule has 0 bridgehead atoms. The van der Waals surface area contributed by atoms with Crippen molar-refractivity contribution in [3.8, 4) is 0 Å². The summed E-state index contributed by atoms with van der Waals surface area (Å²) in [4.78, 5) is 14.8. The smallest absolute Gasteiger partial charge is 0.267 e. The molecule has 1 aromatic rings. The summed E-state index contributed by atoms with van der Waals surface area (Å²) in [5.41, 5.74) is 7.44. The molecule has 1 aliphatic carbocycles. The van der Waals surface area contributed by atoms with Crippen molar-refractivity contribution < 1.29 is 4.79 Å². The average Bonchev–Trinajstić information content (AvgIpc) is 2.49. The highest BCUT2D eigenvalue weighted by Gasteiger charge is 2.09. The number of pyridine rings is 1. The van der Waals surface area contributed by atoms with Gasteiger partial charge in [-0.05, 0) is 24.1 Å². The number of fused-ring (bicyclic) bond motifs is 1. The van der Waals surface area contributed by atoms with Gasteiger partial charge >= 0.3 is 0 Å². The molecule has 1 aromatic heterocycles. The number of hydrogen-bond donors (Lipinski definition) is 1. The Bertz CT molecular complexity index is 369. The quantitative estimate of drug-likeness (QED) is 0.659. The van der Waals surface area contributed by atoms with Crippen LogP contribution in [0.3, 0.4) is 0 Å². The van der Waals surface area contributed by atoms with Crippen molar-refractivity contribution in [1.82, 2.24) is 4.98 Å². The van der Waals surface area contributed by atoms with Gasteiger partial charge in [-0.3, -0.25) is 4.79 Å². The number of carbonyl (C=O) groups excluding carboxylic acids is 1. The summed E-state index contributed by atoms with van der Waals surface area (Å²) in [7, 11) is 0. The minimum Gasteiger partial charge on any atom is -0.364 e. The summed E-state index contributed by atoms with van der Waals surface area (Å²) in [5.74, 6) is -0.474. The van der Waals surface area contributed by atoms with Crippen molar-refractivity contribution in [3.05, 3.63) is 35.2 Å². The summed E-state index contributed by atoms with van der Waals surface area (Å²) in [5, 5.41) is 0. The lowest BCUT2D eigenvalue weighted by Crippen LogP contribution is -2.13. The maximum atomic E-state index is 10.7. The van der Waals surface area contributed by atoms with E-state index in [-0.39, 0.29) is 0 Å². The summed E-state index contributed by atoms with van der Waals surface area (Å²) in [6.07, 6.45) is 4.82. The highest BCUT2D eigenvalue weighted by atomic mass is 16.1. The van der Waals surface area contributed by atoms with Crippen LogP contribution in [-0.4, -0.2) is 10.9 Å². The number of primary amides is 1. The number of amides is 1. The number of nitrogens with two attached hydrogens (primary N) is 1. The molecule has 0 radical (unpaired) electrons. The second kappa shape index (κ2) is 2.44. The van der Waals surface area contributed by atoms with Crippen molar-refractivity contribution in [2.24, 2.45) is 5.73 Å². The van der Waals surface area contributed by atoms with Crippen LogP contribution in [0.4, 0.5) is 0 Å². The molecule has 0 unspecified atom stereocenters. The zero-order chi connectivity index (χ0) is 8.55. The van der Waals surface area contributed by atoms with Gasteiger partial charge in [0.1, 0.15) is 5.69 Å². The Hall–Kier alpha value is -1.64. The first-order chi connectivity index (χ1) is 5.77. The minimum absolute atomic E-state index is 0.334. The molecule has 3 nitrogen and oxygen atoms in total. The van der Waals surface area contributed by atoms with Gasteiger partial charge in [0.2, 0.25) is 0 Å². The molecule has 1 heterocycles. The normalized spacial score (nSPS) is 13.0. The molecular weight excluding hydrogens is 152 g/mol. The highest BCUT2D eigenvalue weighted by molar-refractivity contribution is 5.91. The molecule has 1 aliphatic rings. The Morgan fingerprint density at radius 3 is 3.08 bits per heavy atom. The van der Waals surface area contributed by atoms with Crippen LogP contribution in [0.15, 0.2) is 18.2 Å². The molecule has 1 amide bonds. The molecule has 0 saturated heterocycles. The Kier molecular flexibility index (Phi) is 1.43. The first kappa shape index (κ1) is 7.03. The van der Waals surface area contributed by atoms with E-state index in [9.17, 15) is 4.79 Å². The largest absolute Gasteiger partial charge is 0.364 e. The fourth-order valence-electron chi connectivity index (χ4n) is 1.26. The fourth-order valence-corrected chi connectivity index (χ4v) is 1.26. The van der Waals surface area contributed by atoms with Crippen LogP contribution in [0.25, 0.3) is 6.08 Å². The third-order valence-corrected chi connectivity index (χ3v) is 1.88. The Morgan fingerprint density at radius 2 is 2.33 bits per heavy atom. The van der Waals surface area contributed by atoms with Gasteiger partial charge in [-0.1, -0.05) is 12.1 Å². The Morgan fingerprint density at radius 1 is 1.50 bits per heavy atom. The molecule has 0 spiro atoms. The van der Waals surface area contributed by atoms with E-state index in [1.54, 1.807) is 6.07 Å². The third kappa shape index (κ3) is 0.993. The van der Waals surface area contributed by atoms with Crippen molar-refractivity contribution in [2.75, 3.05) is 0 Å². The second-order valence-corrected chi connectivity index (χ2v) is 2.71. The van der Waals surface area contributed by atoms with Crippen LogP contribution >= 0.6 is 0 Å². The molecule has 12 heavy (non-hydrogen) atoms. The van der Waals surface area contributed by atoms with Crippen LogP contribution < -0.4 is 5.73 Å². The number of aromatic nitrogens is 1. The van der Waals surface area contributed by atoms with Gasteiger partial charge in [0.15, 0.2) is 0 Å². The highest BCUT2D eigenvalue weighted by Crippen LogP contribution is 2.16. The van der Waals surface area contributed by atoms with E-state index in [1.807, 2.05) is 18.2 Å². The first-order valence-electron chi connectivity index (χ1n) is 3.73. The fraction of sp³-hybridized carbons (Fsp3) is 0.111. The molecule has 0 atom stereocenters. The molecule has 2 rings (SSSR count). The Balaban J connectivity index is 2.51. The van der Waals surface area contributed by atoms with E-state index < -0.39 is 5.91 Å². The van der Waals surface area contributed by atoms with Crippen molar-refractivity contribution in [2.45, 2.75) is 6.42 Å². The van der Waals surface area contributed by atoms with Crippen LogP contribution in [0.2, 0.25) is 0 Å². The van der Waals surface area contributed by atoms with Crippen LogP contribution in [0.5, 0.6) is 0 Å². The molecule has 0 saturated carbocycles. The molecule has 3 heteroatoms. The predicted molar refractivity (Wildman–Crippen MR) is 45.5 cm³/mol. The molecular formula is C9H8N2O. The lowest BCUT2D eigenvalue weighted by Gasteiger charge is -1.98. The average molecular weight is 160 g/mol. The molecule has 0 aromatic carbocycles. The lowest BCUT2D eigenvalue weighted by molar-refractivity contribution is 0.0995. The van der Waals surface area contributed by atoms with Gasteiger partial charge < -0.3 is 5.73 Å². The summed E-state index contributed by atoms with van der Waals surface area (Å²) >= 11 is 0. The molecule has 2 N–H and O–H groups in total. The van der Waals surface area contributed by atoms with Gasteiger partial charge in [-0.25, -0.2) is 4.98 Å². The van der Waals surface area contributed by atoms with E-state index in [2.05, 4.69) is 4.98 Å². The summed E-state index contributed by atoms with van der Waals surface area (Å²) in [6, 6.07) is 3.55. The second-order valence-electron chi connectivity index (χ2n) is 2.71. The zero-order valence-corrected chi connectivity index (χ0v) is 6.45. The number of carbonyl (C=O) groups is 1. The van der Waals surface area contributed by atoms with Crippen LogP contribution in [0.1, 0.15) is 21.7 Å². The minimum atomic E-state index is -0.474.